The minimum Gasteiger partial charge on any atom is -0.490 e. The second kappa shape index (κ2) is 11.7. The van der Waals surface area contributed by atoms with E-state index < -0.39 is 18.0 Å². The third kappa shape index (κ3) is 5.48. The van der Waals surface area contributed by atoms with E-state index >= 15 is 0 Å². The highest BCUT2D eigenvalue weighted by atomic mass is 79.9. The topological polar surface area (TPSA) is 96.2 Å². The third-order valence-electron chi connectivity index (χ3n) is 5.59. The van der Waals surface area contributed by atoms with Crippen molar-refractivity contribution in [2.75, 3.05) is 13.2 Å². The first-order valence-corrected chi connectivity index (χ1v) is 13.7. The fraction of sp³-hybridized carbons (Fsp3) is 0.259. The largest absolute Gasteiger partial charge is 0.490 e. The summed E-state index contributed by atoms with van der Waals surface area (Å²) in [4.78, 5) is 43.4. The van der Waals surface area contributed by atoms with Crippen molar-refractivity contribution in [3.8, 4) is 11.5 Å². The molecule has 8 nitrogen and oxygen atoms in total. The molecule has 38 heavy (non-hydrogen) atoms. The van der Waals surface area contributed by atoms with Crippen LogP contribution in [0.3, 0.4) is 0 Å². The SMILES string of the molecule is CCOC(=O)C1=C(C)N=c2s/c(=C\c3cc(Br)c(OC(C)=O)c(OCC)c3)c(=O)n2[C@@H]1c1ccccc1Cl. The molecule has 0 aliphatic carbocycles. The summed E-state index contributed by atoms with van der Waals surface area (Å²) >= 11 is 11.2. The Labute approximate surface area is 236 Å². The second-order valence-electron chi connectivity index (χ2n) is 8.18. The summed E-state index contributed by atoms with van der Waals surface area (Å²) in [5.41, 5.74) is 1.59. The Balaban J connectivity index is 1.93. The van der Waals surface area contributed by atoms with Gasteiger partial charge in [-0.3, -0.25) is 14.2 Å². The maximum Gasteiger partial charge on any atom is 0.338 e. The van der Waals surface area contributed by atoms with Crippen molar-refractivity contribution < 1.29 is 23.8 Å². The predicted molar refractivity (Wildman–Crippen MR) is 148 cm³/mol. The van der Waals surface area contributed by atoms with Crippen LogP contribution in [0.25, 0.3) is 6.08 Å². The van der Waals surface area contributed by atoms with E-state index in [1.807, 2.05) is 6.92 Å². The maximum absolute atomic E-state index is 13.8. The Morgan fingerprint density at radius 2 is 1.95 bits per heavy atom. The normalized spacial score (nSPS) is 15.1. The number of ether oxygens (including phenoxy) is 3. The van der Waals surface area contributed by atoms with E-state index in [0.29, 0.717) is 48.0 Å². The number of thiazole rings is 1. The van der Waals surface area contributed by atoms with Crippen molar-refractivity contribution in [2.45, 2.75) is 33.7 Å². The van der Waals surface area contributed by atoms with Gasteiger partial charge in [0.1, 0.15) is 6.04 Å². The van der Waals surface area contributed by atoms with E-state index in [2.05, 4.69) is 20.9 Å². The van der Waals surface area contributed by atoms with Gasteiger partial charge in [-0.15, -0.1) is 0 Å². The smallest absolute Gasteiger partial charge is 0.338 e. The fourth-order valence-corrected chi connectivity index (χ4v) is 5.94. The number of nitrogens with zero attached hydrogens (tertiary/aromatic N) is 2. The monoisotopic (exact) mass is 618 g/mol. The lowest BCUT2D eigenvalue weighted by Crippen LogP contribution is -2.40. The number of hydrogen-bond acceptors (Lipinski definition) is 8. The van der Waals surface area contributed by atoms with Gasteiger partial charge < -0.3 is 14.2 Å². The van der Waals surface area contributed by atoms with Gasteiger partial charge in [0, 0.05) is 11.9 Å². The molecule has 0 unspecified atom stereocenters. The van der Waals surface area contributed by atoms with Gasteiger partial charge in [-0.2, -0.15) is 0 Å². The average Bonchev–Trinajstić information content (AvgIpc) is 3.15. The zero-order valence-corrected chi connectivity index (χ0v) is 24.2. The molecule has 0 bridgehead atoms. The van der Waals surface area contributed by atoms with Crippen molar-refractivity contribution in [2.24, 2.45) is 4.99 Å². The van der Waals surface area contributed by atoms with Crippen LogP contribution >= 0.6 is 38.9 Å². The van der Waals surface area contributed by atoms with Gasteiger partial charge in [0.15, 0.2) is 16.3 Å². The highest BCUT2D eigenvalue weighted by molar-refractivity contribution is 9.10. The highest BCUT2D eigenvalue weighted by Crippen LogP contribution is 2.37. The number of halogens is 2. The summed E-state index contributed by atoms with van der Waals surface area (Å²) in [7, 11) is 0. The van der Waals surface area contributed by atoms with Gasteiger partial charge in [-0.1, -0.05) is 41.1 Å². The number of aromatic nitrogens is 1. The van der Waals surface area contributed by atoms with Crippen LogP contribution in [0.15, 0.2) is 61.9 Å². The van der Waals surface area contributed by atoms with E-state index in [4.69, 9.17) is 25.8 Å². The van der Waals surface area contributed by atoms with Crippen LogP contribution in [-0.2, 0) is 14.3 Å². The standard InChI is InChI=1S/C27H24BrClN2O6S/c1-5-35-20-12-16(11-18(28)24(20)37-15(4)32)13-21-25(33)31-23(17-9-7-8-10-19(17)29)22(26(34)36-6-2)14(3)30-27(31)38-21/h7-13,23H,5-6H2,1-4H3/b21-13-/t23-/m1/s1. The highest BCUT2D eigenvalue weighted by Gasteiger charge is 2.34. The Bertz CT molecular complexity index is 1640. The van der Waals surface area contributed by atoms with E-state index in [9.17, 15) is 14.4 Å². The van der Waals surface area contributed by atoms with E-state index in [1.165, 1.54) is 22.8 Å². The van der Waals surface area contributed by atoms with Gasteiger partial charge >= 0.3 is 11.9 Å². The number of rotatable bonds is 7. The van der Waals surface area contributed by atoms with Crippen molar-refractivity contribution in [3.63, 3.8) is 0 Å². The molecule has 1 atom stereocenters. The number of carbonyl (C=O) groups excluding carboxylic acids is 2. The molecule has 2 heterocycles. The second-order valence-corrected chi connectivity index (χ2v) is 10.5. The molecule has 0 spiro atoms. The molecule has 0 fully saturated rings. The lowest BCUT2D eigenvalue weighted by molar-refractivity contribution is -0.139. The van der Waals surface area contributed by atoms with Crippen LogP contribution in [0, 0.1) is 0 Å². The Morgan fingerprint density at radius 1 is 1.21 bits per heavy atom. The number of carbonyl (C=O) groups is 2. The quantitative estimate of drug-likeness (QED) is 0.285. The molecule has 11 heteroatoms. The van der Waals surface area contributed by atoms with Gasteiger partial charge in [0.05, 0.1) is 33.5 Å². The van der Waals surface area contributed by atoms with Gasteiger partial charge in [-0.25, -0.2) is 9.79 Å². The van der Waals surface area contributed by atoms with Crippen molar-refractivity contribution in [1.29, 1.82) is 0 Å². The van der Waals surface area contributed by atoms with Crippen molar-refractivity contribution in [3.05, 3.63) is 88.0 Å². The number of benzene rings is 2. The Morgan fingerprint density at radius 3 is 2.61 bits per heavy atom. The Kier molecular flexibility index (Phi) is 8.54. The molecule has 1 aliphatic heterocycles. The molecule has 1 aliphatic rings. The van der Waals surface area contributed by atoms with Crippen molar-refractivity contribution >= 4 is 56.9 Å². The van der Waals surface area contributed by atoms with Crippen molar-refractivity contribution in [1.82, 2.24) is 4.57 Å². The van der Waals surface area contributed by atoms with Gasteiger partial charge in [0.2, 0.25) is 0 Å². The number of allylic oxidation sites excluding steroid dienone is 1. The summed E-state index contributed by atoms with van der Waals surface area (Å²) in [6.07, 6.45) is 1.70. The molecule has 0 amide bonds. The lowest BCUT2D eigenvalue weighted by atomic mass is 9.96. The van der Waals surface area contributed by atoms with E-state index in [-0.39, 0.29) is 23.5 Å². The first kappa shape index (κ1) is 27.8. The third-order valence-corrected chi connectivity index (χ3v) is 7.51. The molecule has 0 saturated heterocycles. The summed E-state index contributed by atoms with van der Waals surface area (Å²) in [6, 6.07) is 9.67. The molecule has 4 rings (SSSR count). The molecule has 0 N–H and O–H groups in total. The predicted octanol–water partition coefficient (Wildman–Crippen LogP) is 4.54. The molecular weight excluding hydrogens is 596 g/mol. The zero-order chi connectivity index (χ0) is 27.6. The average molecular weight is 620 g/mol. The minimum absolute atomic E-state index is 0.176. The van der Waals surface area contributed by atoms with E-state index in [0.717, 1.165) is 0 Å². The summed E-state index contributed by atoms with van der Waals surface area (Å²) in [5, 5.41) is 0.412. The van der Waals surface area contributed by atoms with Gasteiger partial charge in [0.25, 0.3) is 5.56 Å². The molecular formula is C27H24BrClN2O6S. The molecule has 198 valence electrons. The molecule has 0 radical (unpaired) electrons. The summed E-state index contributed by atoms with van der Waals surface area (Å²) in [5.74, 6) is -0.434. The summed E-state index contributed by atoms with van der Waals surface area (Å²) < 4.78 is 18.6. The first-order valence-electron chi connectivity index (χ1n) is 11.7. The van der Waals surface area contributed by atoms with Crippen LogP contribution in [-0.4, -0.2) is 29.7 Å². The number of esters is 2. The Hall–Kier alpha value is -3.21. The van der Waals surface area contributed by atoms with Crippen LogP contribution in [0.4, 0.5) is 0 Å². The molecule has 2 aromatic carbocycles. The minimum atomic E-state index is -0.807. The first-order chi connectivity index (χ1) is 18.2. The number of fused-ring (bicyclic) bond motifs is 1. The summed E-state index contributed by atoms with van der Waals surface area (Å²) in [6.45, 7) is 7.07. The van der Waals surface area contributed by atoms with E-state index in [1.54, 1.807) is 56.3 Å². The van der Waals surface area contributed by atoms with Crippen LogP contribution in [0.2, 0.25) is 5.02 Å². The fourth-order valence-electron chi connectivity index (χ4n) is 4.11. The number of hydrogen-bond donors (Lipinski definition) is 0. The molecule has 0 saturated carbocycles. The van der Waals surface area contributed by atoms with Gasteiger partial charge in [-0.05, 0) is 72.1 Å². The zero-order valence-electron chi connectivity index (χ0n) is 21.0. The molecule has 3 aromatic rings. The van der Waals surface area contributed by atoms with Crippen LogP contribution < -0.4 is 24.4 Å². The van der Waals surface area contributed by atoms with Crippen LogP contribution in [0.1, 0.15) is 44.9 Å². The maximum atomic E-state index is 13.8. The lowest BCUT2D eigenvalue weighted by Gasteiger charge is -2.25. The molecule has 1 aromatic heterocycles. The van der Waals surface area contributed by atoms with Crippen LogP contribution in [0.5, 0.6) is 11.5 Å².